The third-order valence-corrected chi connectivity index (χ3v) is 13.6. The summed E-state index contributed by atoms with van der Waals surface area (Å²) in [5.41, 5.74) is 0.0587. The Kier molecular flexibility index (Phi) is 19.4. The summed E-state index contributed by atoms with van der Waals surface area (Å²) in [6, 6.07) is 0. The van der Waals surface area contributed by atoms with Gasteiger partial charge < -0.3 is 18.6 Å². The molecule has 0 spiro atoms. The molecule has 0 bridgehead atoms. The molecule has 0 amide bonds. The van der Waals surface area contributed by atoms with Crippen LogP contribution in [0, 0.1) is 29.6 Å². The normalized spacial score (nSPS) is 17.4. The van der Waals surface area contributed by atoms with Crippen molar-refractivity contribution in [3.05, 3.63) is 23.3 Å². The zero-order valence-electron chi connectivity index (χ0n) is 34.9. The van der Waals surface area contributed by atoms with E-state index in [1.807, 2.05) is 54.5 Å². The average molecular weight is 709 g/mol. The molecule has 6 unspecified atom stereocenters. The fourth-order valence-electron chi connectivity index (χ4n) is 5.70. The molecule has 0 heterocycles. The minimum absolute atomic E-state index is 0.00219. The van der Waals surface area contributed by atoms with E-state index in [0.29, 0.717) is 23.3 Å². The van der Waals surface area contributed by atoms with E-state index in [1.165, 1.54) is 19.3 Å². The van der Waals surface area contributed by atoms with Gasteiger partial charge in [0.05, 0.1) is 12.5 Å². The highest BCUT2D eigenvalue weighted by Gasteiger charge is 2.41. The molecule has 6 atom stereocenters. The van der Waals surface area contributed by atoms with Crippen LogP contribution in [0.15, 0.2) is 23.3 Å². The van der Waals surface area contributed by atoms with Gasteiger partial charge in [-0.2, -0.15) is 0 Å². The molecular weight excluding hydrogens is 633 g/mol. The van der Waals surface area contributed by atoms with E-state index < -0.39 is 49.4 Å². The van der Waals surface area contributed by atoms with Crippen LogP contribution in [0.5, 0.6) is 0 Å². The van der Waals surface area contributed by atoms with Gasteiger partial charge in [-0.1, -0.05) is 80.4 Å². The molecule has 0 aromatic rings. The van der Waals surface area contributed by atoms with Crippen LogP contribution in [-0.4, -0.2) is 50.1 Å². The Morgan fingerprint density at radius 3 is 1.73 bits per heavy atom. The Morgan fingerprint density at radius 2 is 1.24 bits per heavy atom. The van der Waals surface area contributed by atoms with Gasteiger partial charge in [-0.3, -0.25) is 4.79 Å². The SMILES string of the molecule is CCC(C)CC(C)CC(C)CC(C)C=C(C)C=C(CC(C)C(=O)OCCC(O[Si](C)(C)C(C)(C)C)C(=O)OC(C)(C)C)C(=O)OC(C)(C)C. The summed E-state index contributed by atoms with van der Waals surface area (Å²) >= 11 is 0. The number of hydrogen-bond acceptors (Lipinski definition) is 7. The van der Waals surface area contributed by atoms with Crippen molar-refractivity contribution >= 4 is 26.2 Å². The Morgan fingerprint density at radius 1 is 0.735 bits per heavy atom. The summed E-state index contributed by atoms with van der Waals surface area (Å²) in [5.74, 6) is 0.469. The van der Waals surface area contributed by atoms with Crippen molar-refractivity contribution in [3.8, 4) is 0 Å². The lowest BCUT2D eigenvalue weighted by atomic mass is 9.84. The van der Waals surface area contributed by atoms with Gasteiger partial charge in [0, 0.05) is 12.0 Å². The van der Waals surface area contributed by atoms with Gasteiger partial charge in [0.25, 0.3) is 0 Å². The molecule has 0 aromatic carbocycles. The van der Waals surface area contributed by atoms with E-state index in [0.717, 1.165) is 17.9 Å². The highest BCUT2D eigenvalue weighted by molar-refractivity contribution is 6.74. The third-order valence-electron chi connectivity index (χ3n) is 9.16. The molecule has 7 nitrogen and oxygen atoms in total. The highest BCUT2D eigenvalue weighted by atomic mass is 28.4. The summed E-state index contributed by atoms with van der Waals surface area (Å²) in [4.78, 5) is 39.6. The summed E-state index contributed by atoms with van der Waals surface area (Å²) in [5, 5.41) is -0.114. The lowest BCUT2D eigenvalue weighted by Crippen LogP contribution is -2.47. The van der Waals surface area contributed by atoms with Crippen LogP contribution in [0.3, 0.4) is 0 Å². The van der Waals surface area contributed by atoms with Crippen molar-refractivity contribution in [2.75, 3.05) is 6.61 Å². The molecule has 0 rings (SSSR count). The molecule has 286 valence electrons. The van der Waals surface area contributed by atoms with Crippen LogP contribution in [0.4, 0.5) is 0 Å². The van der Waals surface area contributed by atoms with Gasteiger partial charge in [0.2, 0.25) is 0 Å². The number of ether oxygens (including phenoxy) is 3. The standard InChI is InChI=1S/C41H76O7Si/c1-19-28(2)22-29(3)23-30(4)24-31(5)25-32(6)26-34(37(43)46-39(8,9)10)27-33(7)36(42)45-21-20-35(38(44)47-40(11,12)13)48-49(17,18)41(14,15)16/h25-26,28-31,33,35H,19-24,27H2,1-18H3. The van der Waals surface area contributed by atoms with Gasteiger partial charge in [-0.15, -0.1) is 0 Å². The van der Waals surface area contributed by atoms with Crippen LogP contribution < -0.4 is 0 Å². The molecule has 0 saturated carbocycles. The average Bonchev–Trinajstić information content (AvgIpc) is 2.88. The number of carbonyl (C=O) groups is 3. The van der Waals surface area contributed by atoms with E-state index in [4.69, 9.17) is 18.6 Å². The molecule has 0 aliphatic heterocycles. The minimum atomic E-state index is -2.32. The van der Waals surface area contributed by atoms with Crippen LogP contribution in [0.25, 0.3) is 0 Å². The third kappa shape index (κ3) is 20.5. The first-order chi connectivity index (χ1) is 22.1. The zero-order chi connectivity index (χ0) is 38.5. The molecule has 0 aliphatic carbocycles. The summed E-state index contributed by atoms with van der Waals surface area (Å²) < 4.78 is 23.5. The van der Waals surface area contributed by atoms with Crippen molar-refractivity contribution < 1.29 is 33.0 Å². The second-order valence-electron chi connectivity index (χ2n) is 18.5. The van der Waals surface area contributed by atoms with Crippen LogP contribution in [-0.2, 0) is 33.0 Å². The van der Waals surface area contributed by atoms with Gasteiger partial charge >= 0.3 is 17.9 Å². The predicted octanol–water partition coefficient (Wildman–Crippen LogP) is 11.0. The lowest BCUT2D eigenvalue weighted by molar-refractivity contribution is -0.166. The number of carbonyl (C=O) groups excluding carboxylic acids is 3. The number of hydrogen-bond donors (Lipinski definition) is 0. The van der Waals surface area contributed by atoms with Crippen molar-refractivity contribution in [2.24, 2.45) is 29.6 Å². The van der Waals surface area contributed by atoms with E-state index in [2.05, 4.69) is 74.6 Å². The fourth-order valence-corrected chi connectivity index (χ4v) is 6.98. The maximum Gasteiger partial charge on any atom is 0.334 e. The smallest absolute Gasteiger partial charge is 0.334 e. The number of allylic oxidation sites excluding steroid dienone is 3. The van der Waals surface area contributed by atoms with Crippen LogP contribution >= 0.6 is 0 Å². The Balaban J connectivity index is 5.76. The van der Waals surface area contributed by atoms with Crippen molar-refractivity contribution in [3.63, 3.8) is 0 Å². The zero-order valence-corrected chi connectivity index (χ0v) is 35.9. The summed E-state index contributed by atoms with van der Waals surface area (Å²) in [6.45, 7) is 36.7. The van der Waals surface area contributed by atoms with E-state index in [1.54, 1.807) is 6.92 Å². The number of rotatable bonds is 19. The first kappa shape index (κ1) is 47.1. The van der Waals surface area contributed by atoms with Gasteiger partial charge in [-0.05, 0) is 122 Å². The van der Waals surface area contributed by atoms with E-state index in [9.17, 15) is 14.4 Å². The first-order valence-corrected chi connectivity index (χ1v) is 21.7. The van der Waals surface area contributed by atoms with Gasteiger partial charge in [0.15, 0.2) is 8.32 Å². The summed E-state index contributed by atoms with van der Waals surface area (Å²) in [6.07, 6.45) is 8.35. The maximum absolute atomic E-state index is 13.3. The van der Waals surface area contributed by atoms with Gasteiger partial charge in [-0.25, -0.2) is 9.59 Å². The Bertz CT molecular complexity index is 1100. The predicted molar refractivity (Wildman–Crippen MR) is 206 cm³/mol. The van der Waals surface area contributed by atoms with Crippen molar-refractivity contribution in [2.45, 2.75) is 185 Å². The molecule has 0 aromatic heterocycles. The largest absolute Gasteiger partial charge is 0.465 e. The highest BCUT2D eigenvalue weighted by Crippen LogP contribution is 2.38. The van der Waals surface area contributed by atoms with Crippen molar-refractivity contribution in [1.29, 1.82) is 0 Å². The quantitative estimate of drug-likeness (QED) is 0.0434. The van der Waals surface area contributed by atoms with Crippen LogP contribution in [0.1, 0.15) is 149 Å². The fraction of sp³-hybridized carbons (Fsp3) is 0.829. The minimum Gasteiger partial charge on any atom is -0.465 e. The lowest BCUT2D eigenvalue weighted by Gasteiger charge is -2.39. The molecule has 0 aliphatic rings. The van der Waals surface area contributed by atoms with Crippen molar-refractivity contribution in [1.82, 2.24) is 0 Å². The Hall–Kier alpha value is -1.93. The molecule has 49 heavy (non-hydrogen) atoms. The molecule has 0 radical (unpaired) electrons. The second-order valence-corrected chi connectivity index (χ2v) is 23.2. The van der Waals surface area contributed by atoms with Gasteiger partial charge in [0.1, 0.15) is 17.3 Å². The topological polar surface area (TPSA) is 88.1 Å². The molecule has 8 heteroatoms. The van der Waals surface area contributed by atoms with Crippen LogP contribution in [0.2, 0.25) is 18.1 Å². The Labute approximate surface area is 302 Å². The molecule has 0 fully saturated rings. The first-order valence-electron chi connectivity index (χ1n) is 18.8. The van der Waals surface area contributed by atoms with E-state index >= 15 is 0 Å². The molecule has 0 saturated heterocycles. The monoisotopic (exact) mass is 709 g/mol. The molecule has 0 N–H and O–H groups in total. The maximum atomic E-state index is 13.3. The number of esters is 3. The van der Waals surface area contributed by atoms with E-state index in [-0.39, 0.29) is 24.5 Å². The second kappa shape index (κ2) is 20.2. The molecular formula is C41H76O7Si. The summed E-state index contributed by atoms with van der Waals surface area (Å²) in [7, 11) is -2.32.